The first-order valence-electron chi connectivity index (χ1n) is 6.84. The monoisotopic (exact) mass is 235 g/mol. The number of nitrogens with zero attached hydrogens (tertiary/aromatic N) is 4. The maximum absolute atomic E-state index is 5.52. The molecule has 2 bridgehead atoms. The molecule has 0 aliphatic heterocycles. The van der Waals surface area contributed by atoms with Crippen LogP contribution in [0.3, 0.4) is 0 Å². The number of hydrogen-bond acceptors (Lipinski definition) is 4. The van der Waals surface area contributed by atoms with Gasteiger partial charge in [-0.1, -0.05) is 6.42 Å². The normalized spacial score (nSPS) is 31.2. The Kier molecular flexibility index (Phi) is 3.09. The summed E-state index contributed by atoms with van der Waals surface area (Å²) < 4.78 is 2.01. The van der Waals surface area contributed by atoms with Crippen molar-refractivity contribution < 1.29 is 0 Å². The molecule has 17 heavy (non-hydrogen) atoms. The van der Waals surface area contributed by atoms with E-state index in [1.807, 2.05) is 4.68 Å². The molecule has 2 aliphatic rings. The zero-order valence-electron chi connectivity index (χ0n) is 10.3. The van der Waals surface area contributed by atoms with E-state index in [4.69, 9.17) is 5.73 Å². The SMILES string of the molecule is NCCCCn1nnnc1C1CC2CCC1C2. The Labute approximate surface area is 102 Å². The summed E-state index contributed by atoms with van der Waals surface area (Å²) in [5, 5.41) is 12.3. The lowest BCUT2D eigenvalue weighted by Gasteiger charge is -2.20. The fourth-order valence-electron chi connectivity index (χ4n) is 3.60. The van der Waals surface area contributed by atoms with E-state index in [0.29, 0.717) is 5.92 Å². The molecule has 0 spiro atoms. The van der Waals surface area contributed by atoms with E-state index in [2.05, 4.69) is 15.5 Å². The quantitative estimate of drug-likeness (QED) is 0.781. The van der Waals surface area contributed by atoms with Crippen LogP contribution in [0.1, 0.15) is 50.3 Å². The molecule has 1 aromatic heterocycles. The molecule has 0 saturated heterocycles. The molecule has 1 aromatic rings. The van der Waals surface area contributed by atoms with Crippen molar-refractivity contribution in [1.29, 1.82) is 0 Å². The summed E-state index contributed by atoms with van der Waals surface area (Å²) in [5.41, 5.74) is 5.52. The molecule has 0 amide bonds. The van der Waals surface area contributed by atoms with E-state index in [1.165, 1.54) is 25.7 Å². The highest BCUT2D eigenvalue weighted by Gasteiger charge is 2.42. The summed E-state index contributed by atoms with van der Waals surface area (Å²) >= 11 is 0. The Morgan fingerprint density at radius 2 is 2.18 bits per heavy atom. The largest absolute Gasteiger partial charge is 0.330 e. The van der Waals surface area contributed by atoms with Gasteiger partial charge in [0.2, 0.25) is 0 Å². The van der Waals surface area contributed by atoms with Crippen LogP contribution in [-0.2, 0) is 6.54 Å². The van der Waals surface area contributed by atoms with Gasteiger partial charge in [-0.2, -0.15) is 0 Å². The lowest BCUT2D eigenvalue weighted by molar-refractivity contribution is 0.383. The van der Waals surface area contributed by atoms with Gasteiger partial charge in [0.05, 0.1) is 0 Å². The molecular weight excluding hydrogens is 214 g/mol. The van der Waals surface area contributed by atoms with Crippen LogP contribution in [0.4, 0.5) is 0 Å². The number of fused-ring (bicyclic) bond motifs is 2. The topological polar surface area (TPSA) is 69.6 Å². The Morgan fingerprint density at radius 1 is 1.24 bits per heavy atom. The van der Waals surface area contributed by atoms with Gasteiger partial charge < -0.3 is 5.73 Å². The Bertz CT molecular complexity index is 375. The number of hydrogen-bond donors (Lipinski definition) is 1. The van der Waals surface area contributed by atoms with Gasteiger partial charge in [-0.05, 0) is 60.9 Å². The molecule has 3 atom stereocenters. The molecule has 5 nitrogen and oxygen atoms in total. The molecule has 3 rings (SSSR count). The summed E-state index contributed by atoms with van der Waals surface area (Å²) in [6.45, 7) is 1.68. The second-order valence-electron chi connectivity index (χ2n) is 5.54. The van der Waals surface area contributed by atoms with Crippen molar-refractivity contribution in [2.24, 2.45) is 17.6 Å². The third-order valence-corrected chi connectivity index (χ3v) is 4.45. The molecule has 0 radical (unpaired) electrons. The Morgan fingerprint density at radius 3 is 2.88 bits per heavy atom. The van der Waals surface area contributed by atoms with Gasteiger partial charge >= 0.3 is 0 Å². The maximum atomic E-state index is 5.52. The molecule has 94 valence electrons. The summed E-state index contributed by atoms with van der Waals surface area (Å²) in [4.78, 5) is 0. The molecule has 2 aliphatic carbocycles. The number of aromatic nitrogens is 4. The van der Waals surface area contributed by atoms with Crippen LogP contribution < -0.4 is 5.73 Å². The van der Waals surface area contributed by atoms with E-state index in [0.717, 1.165) is 43.6 Å². The number of rotatable bonds is 5. The summed E-state index contributed by atoms with van der Waals surface area (Å²) in [6, 6.07) is 0. The third kappa shape index (κ3) is 2.08. The smallest absolute Gasteiger partial charge is 0.154 e. The molecule has 3 unspecified atom stereocenters. The molecule has 2 fully saturated rings. The van der Waals surface area contributed by atoms with Crippen LogP contribution in [0, 0.1) is 11.8 Å². The standard InChI is InChI=1S/C12H21N5/c13-5-1-2-6-17-12(14-15-16-17)11-8-9-3-4-10(11)7-9/h9-11H,1-8,13H2. The zero-order valence-corrected chi connectivity index (χ0v) is 10.3. The average molecular weight is 235 g/mol. The minimum absolute atomic E-state index is 0.627. The molecule has 5 heteroatoms. The predicted molar refractivity (Wildman–Crippen MR) is 64.3 cm³/mol. The van der Waals surface area contributed by atoms with Crippen molar-refractivity contribution in [3.8, 4) is 0 Å². The van der Waals surface area contributed by atoms with Gasteiger partial charge in [0, 0.05) is 12.5 Å². The van der Waals surface area contributed by atoms with Gasteiger partial charge in [-0.25, -0.2) is 4.68 Å². The zero-order chi connectivity index (χ0) is 11.7. The lowest BCUT2D eigenvalue weighted by atomic mass is 9.88. The molecule has 0 aromatic carbocycles. The highest BCUT2D eigenvalue weighted by atomic mass is 15.5. The van der Waals surface area contributed by atoms with Gasteiger partial charge in [-0.15, -0.1) is 5.10 Å². The minimum Gasteiger partial charge on any atom is -0.330 e. The average Bonchev–Trinajstić information content (AvgIpc) is 3.04. The number of aryl methyl sites for hydroxylation is 1. The summed E-state index contributed by atoms with van der Waals surface area (Å²) in [7, 11) is 0. The second-order valence-corrected chi connectivity index (χ2v) is 5.54. The van der Waals surface area contributed by atoms with E-state index in [9.17, 15) is 0 Å². The van der Waals surface area contributed by atoms with Crippen molar-refractivity contribution in [3.05, 3.63) is 5.82 Å². The lowest BCUT2D eigenvalue weighted by Crippen LogP contribution is -2.16. The first-order chi connectivity index (χ1) is 8.38. The van der Waals surface area contributed by atoms with Crippen LogP contribution >= 0.6 is 0 Å². The van der Waals surface area contributed by atoms with Crippen molar-refractivity contribution in [3.63, 3.8) is 0 Å². The first-order valence-corrected chi connectivity index (χ1v) is 6.84. The second kappa shape index (κ2) is 4.72. The van der Waals surface area contributed by atoms with Crippen molar-refractivity contribution >= 4 is 0 Å². The predicted octanol–water partition coefficient (Wildman–Crippen LogP) is 1.32. The van der Waals surface area contributed by atoms with E-state index < -0.39 is 0 Å². The fourth-order valence-corrected chi connectivity index (χ4v) is 3.60. The van der Waals surface area contributed by atoms with E-state index in [-0.39, 0.29) is 0 Å². The summed E-state index contributed by atoms with van der Waals surface area (Å²) in [6.07, 6.45) is 7.65. The van der Waals surface area contributed by atoms with Gasteiger partial charge in [0.1, 0.15) is 0 Å². The number of nitrogens with two attached hydrogens (primary N) is 1. The summed E-state index contributed by atoms with van der Waals surface area (Å²) in [5.74, 6) is 3.55. The molecule has 1 heterocycles. The Balaban J connectivity index is 1.68. The number of unbranched alkanes of at least 4 members (excludes halogenated alkanes) is 1. The molecule has 2 saturated carbocycles. The van der Waals surface area contributed by atoms with Gasteiger partial charge in [0.25, 0.3) is 0 Å². The highest BCUT2D eigenvalue weighted by Crippen LogP contribution is 2.52. The molecular formula is C12H21N5. The van der Waals surface area contributed by atoms with E-state index in [1.54, 1.807) is 0 Å². The van der Waals surface area contributed by atoms with Crippen LogP contribution in [0.25, 0.3) is 0 Å². The Hall–Kier alpha value is -0.970. The van der Waals surface area contributed by atoms with Crippen LogP contribution in [0.2, 0.25) is 0 Å². The van der Waals surface area contributed by atoms with Gasteiger partial charge in [-0.3, -0.25) is 0 Å². The van der Waals surface area contributed by atoms with Gasteiger partial charge in [0.15, 0.2) is 5.82 Å². The first kappa shape index (κ1) is 11.1. The molecule has 2 N–H and O–H groups in total. The highest BCUT2D eigenvalue weighted by molar-refractivity contribution is 5.05. The third-order valence-electron chi connectivity index (χ3n) is 4.45. The fraction of sp³-hybridized carbons (Fsp3) is 0.917. The maximum Gasteiger partial charge on any atom is 0.154 e. The van der Waals surface area contributed by atoms with Crippen molar-refractivity contribution in [1.82, 2.24) is 20.2 Å². The van der Waals surface area contributed by atoms with Crippen LogP contribution in [-0.4, -0.2) is 26.8 Å². The number of tetrazole rings is 1. The minimum atomic E-state index is 0.627. The van der Waals surface area contributed by atoms with Crippen molar-refractivity contribution in [2.45, 2.75) is 51.0 Å². The van der Waals surface area contributed by atoms with Crippen LogP contribution in [0.5, 0.6) is 0 Å². The van der Waals surface area contributed by atoms with E-state index >= 15 is 0 Å². The van der Waals surface area contributed by atoms with Crippen LogP contribution in [0.15, 0.2) is 0 Å². The van der Waals surface area contributed by atoms with Crippen molar-refractivity contribution in [2.75, 3.05) is 6.54 Å².